The van der Waals surface area contributed by atoms with E-state index in [1.165, 1.54) is 11.8 Å². The Morgan fingerprint density at radius 3 is 2.00 bits per heavy atom. The van der Waals surface area contributed by atoms with Gasteiger partial charge in [0.05, 0.1) is 5.57 Å². The fourth-order valence-corrected chi connectivity index (χ4v) is 4.29. The van der Waals surface area contributed by atoms with Gasteiger partial charge >= 0.3 is 0 Å². The molecule has 0 radical (unpaired) electrons. The molecule has 2 aliphatic heterocycles. The van der Waals surface area contributed by atoms with Gasteiger partial charge in [0.2, 0.25) is 5.91 Å². The topological polar surface area (TPSA) is 85.0 Å². The molecule has 2 heterocycles. The number of hydrogen-bond donors (Lipinski definition) is 2. The second-order valence-electron chi connectivity index (χ2n) is 9.04. The number of hydrogen-bond acceptors (Lipinski definition) is 6. The lowest BCUT2D eigenvalue weighted by atomic mass is 10.0. The van der Waals surface area contributed by atoms with E-state index in [-0.39, 0.29) is 29.5 Å². The highest BCUT2D eigenvalue weighted by Crippen LogP contribution is 2.32. The zero-order chi connectivity index (χ0) is 24.4. The third-order valence-corrected chi connectivity index (χ3v) is 6.13. The van der Waals surface area contributed by atoms with Gasteiger partial charge < -0.3 is 20.4 Å². The second kappa shape index (κ2) is 9.69. The molecule has 0 atom stereocenters. The summed E-state index contributed by atoms with van der Waals surface area (Å²) < 4.78 is 0. The number of nitrogens with one attached hydrogen (secondary N) is 2. The fourth-order valence-electron chi connectivity index (χ4n) is 4.29. The van der Waals surface area contributed by atoms with Crippen LogP contribution in [0.25, 0.3) is 5.57 Å². The van der Waals surface area contributed by atoms with Crippen molar-refractivity contribution < 1.29 is 14.4 Å². The normalized spacial score (nSPS) is 17.1. The van der Waals surface area contributed by atoms with Crippen LogP contribution < -0.4 is 15.5 Å². The molecule has 2 N–H and O–H groups in total. The second-order valence-corrected chi connectivity index (χ2v) is 9.04. The van der Waals surface area contributed by atoms with Gasteiger partial charge in [0.25, 0.3) is 11.8 Å². The first kappa shape index (κ1) is 23.5. The van der Waals surface area contributed by atoms with Gasteiger partial charge in [-0.1, -0.05) is 12.1 Å². The largest absolute Gasteiger partial charge is 0.369 e. The van der Waals surface area contributed by atoms with E-state index in [0.717, 1.165) is 37.6 Å². The Labute approximate surface area is 200 Å². The molecule has 0 unspecified atom stereocenters. The SMILES string of the molecule is CC(=O)Nc1ccc(C2=C(Nc3ccc(N4CCN(C)CC4)cc3)C(=O)N(C(C)C)C2=O)cc1. The first-order chi connectivity index (χ1) is 16.2. The van der Waals surface area contributed by atoms with Crippen molar-refractivity contribution in [3.05, 3.63) is 59.8 Å². The van der Waals surface area contributed by atoms with Crippen molar-refractivity contribution in [1.82, 2.24) is 9.80 Å². The van der Waals surface area contributed by atoms with E-state index in [4.69, 9.17) is 0 Å². The lowest BCUT2D eigenvalue weighted by molar-refractivity contribution is -0.138. The molecule has 8 heteroatoms. The van der Waals surface area contributed by atoms with Crippen molar-refractivity contribution in [2.45, 2.75) is 26.8 Å². The summed E-state index contributed by atoms with van der Waals surface area (Å²) >= 11 is 0. The minimum Gasteiger partial charge on any atom is -0.369 e. The predicted molar refractivity (Wildman–Crippen MR) is 134 cm³/mol. The van der Waals surface area contributed by atoms with Gasteiger partial charge in [-0.25, -0.2) is 0 Å². The molecule has 2 aromatic carbocycles. The zero-order valence-corrected chi connectivity index (χ0v) is 20.1. The molecule has 0 aromatic heterocycles. The summed E-state index contributed by atoms with van der Waals surface area (Å²) in [7, 11) is 2.13. The van der Waals surface area contributed by atoms with E-state index in [2.05, 4.69) is 27.5 Å². The van der Waals surface area contributed by atoms with E-state index in [0.29, 0.717) is 16.8 Å². The van der Waals surface area contributed by atoms with Crippen molar-refractivity contribution >= 4 is 40.4 Å². The standard InChI is InChI=1S/C26H31N5O3/c1-17(2)31-25(33)23(19-5-7-20(8-6-19)27-18(3)32)24(26(31)34)28-21-9-11-22(12-10-21)30-15-13-29(4)14-16-30/h5-12,17,28H,13-16H2,1-4H3,(H,27,32). The summed E-state index contributed by atoms with van der Waals surface area (Å²) in [6.07, 6.45) is 0. The third kappa shape index (κ3) is 4.82. The van der Waals surface area contributed by atoms with Crippen molar-refractivity contribution in [1.29, 1.82) is 0 Å². The quantitative estimate of drug-likeness (QED) is 0.644. The molecule has 2 aliphatic rings. The molecule has 0 spiro atoms. The lowest BCUT2D eigenvalue weighted by Gasteiger charge is -2.34. The first-order valence-electron chi connectivity index (χ1n) is 11.6. The molecule has 8 nitrogen and oxygen atoms in total. The van der Waals surface area contributed by atoms with Gasteiger partial charge in [0.15, 0.2) is 0 Å². The van der Waals surface area contributed by atoms with Crippen molar-refractivity contribution in [3.63, 3.8) is 0 Å². The molecular formula is C26H31N5O3. The smallest absolute Gasteiger partial charge is 0.278 e. The number of imide groups is 1. The van der Waals surface area contributed by atoms with Crippen LogP contribution in [0.15, 0.2) is 54.2 Å². The summed E-state index contributed by atoms with van der Waals surface area (Å²) in [4.78, 5) is 43.7. The molecule has 3 amide bonds. The molecule has 178 valence electrons. The van der Waals surface area contributed by atoms with Crippen molar-refractivity contribution in [2.24, 2.45) is 0 Å². The minimum atomic E-state index is -0.343. The molecule has 2 aromatic rings. The van der Waals surface area contributed by atoms with E-state index in [9.17, 15) is 14.4 Å². The van der Waals surface area contributed by atoms with Crippen LogP contribution in [-0.4, -0.2) is 66.8 Å². The average molecular weight is 462 g/mol. The van der Waals surface area contributed by atoms with Crippen molar-refractivity contribution in [3.8, 4) is 0 Å². The number of carbonyl (C=O) groups is 3. The van der Waals surface area contributed by atoms with Crippen LogP contribution in [0.2, 0.25) is 0 Å². The average Bonchev–Trinajstić information content (AvgIpc) is 3.04. The van der Waals surface area contributed by atoms with Gasteiger partial charge in [-0.05, 0) is 62.9 Å². The van der Waals surface area contributed by atoms with Crippen molar-refractivity contribution in [2.75, 3.05) is 48.8 Å². The van der Waals surface area contributed by atoms with Gasteiger partial charge in [0, 0.05) is 56.2 Å². The van der Waals surface area contributed by atoms with Gasteiger partial charge in [-0.15, -0.1) is 0 Å². The van der Waals surface area contributed by atoms with E-state index in [1.54, 1.807) is 24.3 Å². The highest BCUT2D eigenvalue weighted by Gasteiger charge is 2.40. The predicted octanol–water partition coefficient (Wildman–Crippen LogP) is 3.00. The van der Waals surface area contributed by atoms with Crippen LogP contribution in [0.3, 0.4) is 0 Å². The molecular weight excluding hydrogens is 430 g/mol. The van der Waals surface area contributed by atoms with Gasteiger partial charge in [0.1, 0.15) is 5.70 Å². The summed E-state index contributed by atoms with van der Waals surface area (Å²) in [5.74, 6) is -0.847. The molecule has 0 aliphatic carbocycles. The molecule has 34 heavy (non-hydrogen) atoms. The number of anilines is 3. The number of benzene rings is 2. The van der Waals surface area contributed by atoms with E-state index >= 15 is 0 Å². The van der Waals surface area contributed by atoms with Crippen LogP contribution >= 0.6 is 0 Å². The maximum atomic E-state index is 13.2. The number of rotatable bonds is 6. The molecule has 0 bridgehead atoms. The Hall–Kier alpha value is -3.65. The number of carbonyl (C=O) groups excluding carboxylic acids is 3. The van der Waals surface area contributed by atoms with Crippen LogP contribution in [0.4, 0.5) is 17.1 Å². The Balaban J connectivity index is 1.62. The summed E-state index contributed by atoms with van der Waals surface area (Å²) in [5, 5.41) is 5.93. The molecule has 4 rings (SSSR count). The van der Waals surface area contributed by atoms with Crippen LogP contribution in [-0.2, 0) is 14.4 Å². The Bertz CT molecular complexity index is 1110. The Kier molecular flexibility index (Phi) is 6.70. The number of nitrogens with zero attached hydrogens (tertiary/aromatic N) is 3. The van der Waals surface area contributed by atoms with E-state index in [1.807, 2.05) is 38.1 Å². The van der Waals surface area contributed by atoms with E-state index < -0.39 is 0 Å². The third-order valence-electron chi connectivity index (χ3n) is 6.13. The highest BCUT2D eigenvalue weighted by atomic mass is 16.2. The number of piperazine rings is 1. The monoisotopic (exact) mass is 461 g/mol. The van der Waals surface area contributed by atoms with Crippen LogP contribution in [0.1, 0.15) is 26.3 Å². The van der Waals surface area contributed by atoms with Crippen LogP contribution in [0, 0.1) is 0 Å². The first-order valence-corrected chi connectivity index (χ1v) is 11.6. The van der Waals surface area contributed by atoms with Gasteiger partial charge in [-0.2, -0.15) is 0 Å². The lowest BCUT2D eigenvalue weighted by Crippen LogP contribution is -2.44. The Morgan fingerprint density at radius 1 is 0.853 bits per heavy atom. The highest BCUT2D eigenvalue weighted by molar-refractivity contribution is 6.36. The maximum absolute atomic E-state index is 13.2. The Morgan fingerprint density at radius 2 is 1.44 bits per heavy atom. The molecule has 1 fully saturated rings. The molecule has 0 saturated carbocycles. The van der Waals surface area contributed by atoms with Crippen LogP contribution in [0.5, 0.6) is 0 Å². The fraction of sp³-hybridized carbons (Fsp3) is 0.346. The molecule has 1 saturated heterocycles. The zero-order valence-electron chi connectivity index (χ0n) is 20.1. The summed E-state index contributed by atoms with van der Waals surface area (Å²) in [5.41, 5.74) is 3.72. The maximum Gasteiger partial charge on any atom is 0.278 e. The number of likely N-dealkylation sites (N-methyl/N-ethyl adjacent to an activating group) is 1. The summed E-state index contributed by atoms with van der Waals surface area (Å²) in [6, 6.07) is 14.6. The minimum absolute atomic E-state index is 0.174. The summed E-state index contributed by atoms with van der Waals surface area (Å²) in [6.45, 7) is 9.08. The van der Waals surface area contributed by atoms with Gasteiger partial charge in [-0.3, -0.25) is 19.3 Å². The number of amides is 3.